The third-order valence-corrected chi connectivity index (χ3v) is 6.20. The second-order valence-corrected chi connectivity index (χ2v) is 8.47. The number of aromatic amines is 1. The van der Waals surface area contributed by atoms with Crippen LogP contribution in [0.4, 0.5) is 0 Å². The maximum atomic E-state index is 13.1. The van der Waals surface area contributed by atoms with Crippen molar-refractivity contribution >= 4 is 16.9 Å². The highest BCUT2D eigenvalue weighted by Crippen LogP contribution is 2.33. The molecule has 9 heteroatoms. The summed E-state index contributed by atoms with van der Waals surface area (Å²) in [7, 11) is 2.76. The SMILES string of the molecule is COC(=O)CC(c1oc(CN2CCCCC2)cc(=O)c1O)c1cc2ccc(OC)cc2[nH]c1=O. The highest BCUT2D eigenvalue weighted by molar-refractivity contribution is 5.81. The number of piperidine rings is 1. The van der Waals surface area contributed by atoms with Gasteiger partial charge in [0.1, 0.15) is 11.5 Å². The summed E-state index contributed by atoms with van der Waals surface area (Å²) in [6.07, 6.45) is 3.01. The monoisotopic (exact) mass is 468 g/mol. The molecule has 3 aromatic rings. The number of H-pyrrole nitrogens is 1. The van der Waals surface area contributed by atoms with Gasteiger partial charge in [-0.1, -0.05) is 6.42 Å². The van der Waals surface area contributed by atoms with E-state index in [1.807, 2.05) is 0 Å². The topological polar surface area (TPSA) is 122 Å². The van der Waals surface area contributed by atoms with Crippen LogP contribution in [0.2, 0.25) is 0 Å². The number of aromatic nitrogens is 1. The maximum Gasteiger partial charge on any atom is 0.306 e. The lowest BCUT2D eigenvalue weighted by Crippen LogP contribution is -2.29. The first-order valence-corrected chi connectivity index (χ1v) is 11.3. The Hall–Kier alpha value is -3.59. The second-order valence-electron chi connectivity index (χ2n) is 8.47. The third kappa shape index (κ3) is 4.99. The number of nitrogens with one attached hydrogen (secondary N) is 1. The number of fused-ring (bicyclic) bond motifs is 1. The Morgan fingerprint density at radius 2 is 1.91 bits per heavy atom. The Bertz CT molecular complexity index is 1300. The van der Waals surface area contributed by atoms with Crippen molar-refractivity contribution < 1.29 is 23.8 Å². The molecule has 1 aliphatic heterocycles. The first kappa shape index (κ1) is 23.6. The van der Waals surface area contributed by atoms with E-state index in [9.17, 15) is 19.5 Å². The van der Waals surface area contributed by atoms with Gasteiger partial charge < -0.3 is 24.0 Å². The van der Waals surface area contributed by atoms with Crippen LogP contribution in [-0.4, -0.2) is 48.3 Å². The summed E-state index contributed by atoms with van der Waals surface area (Å²) < 4.78 is 16.0. The molecule has 0 radical (unpaired) electrons. The average Bonchev–Trinajstić information content (AvgIpc) is 2.84. The van der Waals surface area contributed by atoms with Crippen molar-refractivity contribution in [1.82, 2.24) is 9.88 Å². The maximum absolute atomic E-state index is 13.1. The van der Waals surface area contributed by atoms with Gasteiger partial charge in [0.2, 0.25) is 11.2 Å². The quantitative estimate of drug-likeness (QED) is 0.508. The molecule has 0 aliphatic carbocycles. The summed E-state index contributed by atoms with van der Waals surface area (Å²) in [5, 5.41) is 11.3. The molecule has 1 aromatic carbocycles. The number of benzene rings is 1. The normalized spacial score (nSPS) is 15.2. The first-order chi connectivity index (χ1) is 16.4. The number of aromatic hydroxyl groups is 1. The van der Waals surface area contributed by atoms with Crippen LogP contribution in [0.1, 0.15) is 48.7 Å². The molecule has 1 aliphatic rings. The van der Waals surface area contributed by atoms with E-state index in [0.717, 1.165) is 25.9 Å². The van der Waals surface area contributed by atoms with Crippen molar-refractivity contribution in [3.05, 3.63) is 68.0 Å². The van der Waals surface area contributed by atoms with Crippen molar-refractivity contribution in [2.45, 2.75) is 38.1 Å². The summed E-state index contributed by atoms with van der Waals surface area (Å²) in [5.41, 5.74) is -0.366. The van der Waals surface area contributed by atoms with Gasteiger partial charge in [-0.05, 0) is 49.5 Å². The predicted octanol–water partition coefficient (Wildman–Crippen LogP) is 2.88. The fraction of sp³-hybridized carbons (Fsp3) is 0.400. The first-order valence-electron chi connectivity index (χ1n) is 11.3. The smallest absolute Gasteiger partial charge is 0.306 e. The lowest BCUT2D eigenvalue weighted by atomic mass is 9.92. The Morgan fingerprint density at radius 1 is 1.15 bits per heavy atom. The van der Waals surface area contributed by atoms with E-state index in [-0.39, 0.29) is 17.7 Å². The number of esters is 1. The molecule has 0 bridgehead atoms. The van der Waals surface area contributed by atoms with Gasteiger partial charge in [0.15, 0.2) is 5.76 Å². The third-order valence-electron chi connectivity index (χ3n) is 6.20. The Kier molecular flexibility index (Phi) is 7.02. The molecule has 0 saturated carbocycles. The zero-order valence-electron chi connectivity index (χ0n) is 19.3. The lowest BCUT2D eigenvalue weighted by Gasteiger charge is -2.26. The van der Waals surface area contributed by atoms with Gasteiger partial charge in [0.05, 0.1) is 38.6 Å². The van der Waals surface area contributed by atoms with Gasteiger partial charge in [-0.25, -0.2) is 0 Å². The number of likely N-dealkylation sites (tertiary alicyclic amines) is 1. The Morgan fingerprint density at radius 3 is 2.62 bits per heavy atom. The van der Waals surface area contributed by atoms with Crippen molar-refractivity contribution in [2.24, 2.45) is 0 Å². The van der Waals surface area contributed by atoms with E-state index in [1.54, 1.807) is 24.3 Å². The van der Waals surface area contributed by atoms with Crippen LogP contribution < -0.4 is 15.7 Å². The van der Waals surface area contributed by atoms with Gasteiger partial charge in [0.25, 0.3) is 5.56 Å². The van der Waals surface area contributed by atoms with Gasteiger partial charge in [-0.2, -0.15) is 0 Å². The van der Waals surface area contributed by atoms with Gasteiger partial charge in [-0.15, -0.1) is 0 Å². The van der Waals surface area contributed by atoms with Crippen molar-refractivity contribution in [3.63, 3.8) is 0 Å². The Labute approximate surface area is 195 Å². The summed E-state index contributed by atoms with van der Waals surface area (Å²) in [6.45, 7) is 2.18. The zero-order chi connectivity index (χ0) is 24.2. The molecule has 180 valence electrons. The molecule has 3 heterocycles. The van der Waals surface area contributed by atoms with Crippen LogP contribution in [0, 0.1) is 0 Å². The molecule has 1 unspecified atom stereocenters. The van der Waals surface area contributed by atoms with Crippen molar-refractivity contribution in [3.8, 4) is 11.5 Å². The lowest BCUT2D eigenvalue weighted by molar-refractivity contribution is -0.140. The number of carbonyl (C=O) groups is 1. The van der Waals surface area contributed by atoms with E-state index < -0.39 is 28.6 Å². The van der Waals surface area contributed by atoms with Crippen LogP contribution in [-0.2, 0) is 16.1 Å². The molecule has 1 saturated heterocycles. The van der Waals surface area contributed by atoms with Gasteiger partial charge in [0, 0.05) is 17.7 Å². The van der Waals surface area contributed by atoms with Crippen LogP contribution in [0.15, 0.2) is 44.3 Å². The highest BCUT2D eigenvalue weighted by Gasteiger charge is 2.29. The van der Waals surface area contributed by atoms with E-state index in [0.29, 0.717) is 29.0 Å². The van der Waals surface area contributed by atoms with Crippen LogP contribution in [0.25, 0.3) is 10.9 Å². The molecular formula is C25H28N2O7. The highest BCUT2D eigenvalue weighted by atomic mass is 16.5. The minimum atomic E-state index is -1.02. The molecule has 0 amide bonds. The molecule has 9 nitrogen and oxygen atoms in total. The van der Waals surface area contributed by atoms with E-state index >= 15 is 0 Å². The summed E-state index contributed by atoms with van der Waals surface area (Å²) in [5.74, 6) is -1.42. The van der Waals surface area contributed by atoms with E-state index in [1.165, 1.54) is 26.7 Å². The largest absolute Gasteiger partial charge is 0.502 e. The Balaban J connectivity index is 1.81. The fourth-order valence-electron chi connectivity index (χ4n) is 4.38. The van der Waals surface area contributed by atoms with Crippen LogP contribution >= 0.6 is 0 Å². The number of methoxy groups -OCH3 is 2. The summed E-state index contributed by atoms with van der Waals surface area (Å²) in [6, 6.07) is 8.09. The van der Waals surface area contributed by atoms with Crippen molar-refractivity contribution in [1.29, 1.82) is 0 Å². The van der Waals surface area contributed by atoms with Gasteiger partial charge >= 0.3 is 5.97 Å². The number of ether oxygens (including phenoxy) is 2. The zero-order valence-corrected chi connectivity index (χ0v) is 19.3. The minimum Gasteiger partial charge on any atom is -0.502 e. The number of rotatable bonds is 7. The standard InChI is InChI=1S/C25H28N2O7/c1-32-16-7-6-15-10-19(25(31)26-20(15)11-16)18(13-22(29)33-2)24-23(30)21(28)12-17(34-24)14-27-8-4-3-5-9-27/h6-7,10-12,18,30H,3-5,8-9,13-14H2,1-2H3,(H,26,31). The van der Waals surface area contributed by atoms with Crippen LogP contribution in [0.3, 0.4) is 0 Å². The van der Waals surface area contributed by atoms with E-state index in [2.05, 4.69) is 9.88 Å². The molecule has 4 rings (SSSR count). The number of hydrogen-bond donors (Lipinski definition) is 2. The number of carbonyl (C=O) groups excluding carboxylic acids is 1. The summed E-state index contributed by atoms with van der Waals surface area (Å²) >= 11 is 0. The molecule has 2 aromatic heterocycles. The second kappa shape index (κ2) is 10.1. The van der Waals surface area contributed by atoms with Gasteiger partial charge in [-0.3, -0.25) is 19.3 Å². The molecule has 2 N–H and O–H groups in total. The molecule has 34 heavy (non-hydrogen) atoms. The number of nitrogens with zero attached hydrogens (tertiary/aromatic N) is 1. The number of hydrogen-bond acceptors (Lipinski definition) is 8. The summed E-state index contributed by atoms with van der Waals surface area (Å²) in [4.78, 5) is 42.9. The fourth-order valence-corrected chi connectivity index (χ4v) is 4.38. The average molecular weight is 469 g/mol. The number of pyridine rings is 1. The van der Waals surface area contributed by atoms with Crippen molar-refractivity contribution in [2.75, 3.05) is 27.3 Å². The molecule has 0 spiro atoms. The predicted molar refractivity (Wildman–Crippen MR) is 125 cm³/mol. The van der Waals surface area contributed by atoms with Crippen LogP contribution in [0.5, 0.6) is 11.5 Å². The minimum absolute atomic E-state index is 0.122. The molecule has 1 atom stereocenters. The molecule has 1 fully saturated rings. The molecular weight excluding hydrogens is 440 g/mol. The van der Waals surface area contributed by atoms with E-state index in [4.69, 9.17) is 13.9 Å².